The number of methoxy groups -OCH3 is 1. The van der Waals surface area contributed by atoms with Gasteiger partial charge in [0.1, 0.15) is 5.75 Å². The van der Waals surface area contributed by atoms with Gasteiger partial charge in [0.25, 0.3) is 5.91 Å². The van der Waals surface area contributed by atoms with Crippen LogP contribution in [0.1, 0.15) is 21.5 Å². The van der Waals surface area contributed by atoms with Gasteiger partial charge in [0, 0.05) is 31.7 Å². The van der Waals surface area contributed by atoms with Gasteiger partial charge in [-0.15, -0.1) is 0 Å². The molecule has 0 unspecified atom stereocenters. The number of ether oxygens (including phenoxy) is 1. The summed E-state index contributed by atoms with van der Waals surface area (Å²) >= 11 is 0. The highest BCUT2D eigenvalue weighted by Gasteiger charge is 2.30. The van der Waals surface area contributed by atoms with Gasteiger partial charge < -0.3 is 9.64 Å². The average Bonchev–Trinajstić information content (AvgIpc) is 2.68. The summed E-state index contributed by atoms with van der Waals surface area (Å²) in [6.07, 6.45) is 0. The molecular weight excluding hydrogens is 364 g/mol. The highest BCUT2D eigenvalue weighted by Crippen LogP contribution is 2.24. The fraction of sp³-hybridized carbons (Fsp3) is 0.350. The van der Waals surface area contributed by atoms with E-state index in [4.69, 9.17) is 4.74 Å². The number of aryl methyl sites for hydroxylation is 2. The van der Waals surface area contributed by atoms with Gasteiger partial charge in [0.05, 0.1) is 12.0 Å². The van der Waals surface area contributed by atoms with Gasteiger partial charge >= 0.3 is 0 Å². The second-order valence-corrected chi connectivity index (χ2v) is 8.63. The van der Waals surface area contributed by atoms with Crippen molar-refractivity contribution in [2.75, 3.05) is 33.3 Å². The van der Waals surface area contributed by atoms with E-state index in [-0.39, 0.29) is 23.9 Å². The third-order valence-corrected chi connectivity index (χ3v) is 6.72. The van der Waals surface area contributed by atoms with Crippen LogP contribution in [0.5, 0.6) is 5.75 Å². The number of carbonyl (C=O) groups is 1. The van der Waals surface area contributed by atoms with Crippen LogP contribution in [-0.4, -0.2) is 56.8 Å². The van der Waals surface area contributed by atoms with E-state index in [0.29, 0.717) is 24.4 Å². The molecule has 1 saturated heterocycles. The van der Waals surface area contributed by atoms with Crippen LogP contribution in [-0.2, 0) is 10.0 Å². The van der Waals surface area contributed by atoms with Crippen LogP contribution < -0.4 is 4.74 Å². The average molecular weight is 388 g/mol. The Morgan fingerprint density at radius 2 is 1.59 bits per heavy atom. The normalized spacial score (nSPS) is 15.6. The lowest BCUT2D eigenvalue weighted by atomic mass is 10.1. The maximum absolute atomic E-state index is 12.9. The number of rotatable bonds is 4. The van der Waals surface area contributed by atoms with Crippen molar-refractivity contribution in [2.45, 2.75) is 18.7 Å². The Balaban J connectivity index is 1.70. The predicted molar refractivity (Wildman–Crippen MR) is 104 cm³/mol. The van der Waals surface area contributed by atoms with Crippen LogP contribution >= 0.6 is 0 Å². The van der Waals surface area contributed by atoms with Gasteiger partial charge in [0.15, 0.2) is 0 Å². The molecular formula is C20H24N2O4S. The van der Waals surface area contributed by atoms with Crippen molar-refractivity contribution in [2.24, 2.45) is 0 Å². The molecule has 1 aliphatic heterocycles. The number of nitrogens with zero attached hydrogens (tertiary/aromatic N) is 2. The minimum atomic E-state index is -3.59. The lowest BCUT2D eigenvalue weighted by molar-refractivity contribution is 0.0698. The summed E-state index contributed by atoms with van der Waals surface area (Å²) in [4.78, 5) is 14.6. The Labute approximate surface area is 160 Å². The molecule has 0 aromatic heterocycles. The fourth-order valence-electron chi connectivity index (χ4n) is 3.17. The van der Waals surface area contributed by atoms with Crippen LogP contribution in [0.4, 0.5) is 0 Å². The number of benzene rings is 2. The van der Waals surface area contributed by atoms with Crippen molar-refractivity contribution in [3.05, 3.63) is 59.2 Å². The molecule has 3 rings (SSSR count). The highest BCUT2D eigenvalue weighted by atomic mass is 32.2. The molecule has 6 nitrogen and oxygen atoms in total. The summed E-state index contributed by atoms with van der Waals surface area (Å²) in [5.41, 5.74) is 2.49. The van der Waals surface area contributed by atoms with Crippen LogP contribution in [0.2, 0.25) is 0 Å². The monoisotopic (exact) mass is 388 g/mol. The van der Waals surface area contributed by atoms with Gasteiger partial charge in [-0.1, -0.05) is 17.7 Å². The van der Waals surface area contributed by atoms with E-state index in [2.05, 4.69) is 0 Å². The maximum Gasteiger partial charge on any atom is 0.253 e. The first-order valence-electron chi connectivity index (χ1n) is 8.83. The first-order valence-corrected chi connectivity index (χ1v) is 10.3. The van der Waals surface area contributed by atoms with Crippen LogP contribution in [0.3, 0.4) is 0 Å². The topological polar surface area (TPSA) is 66.9 Å². The minimum Gasteiger partial charge on any atom is -0.496 e. The lowest BCUT2D eigenvalue weighted by Crippen LogP contribution is -2.50. The van der Waals surface area contributed by atoms with E-state index >= 15 is 0 Å². The zero-order chi connectivity index (χ0) is 19.6. The molecule has 2 aromatic carbocycles. The summed E-state index contributed by atoms with van der Waals surface area (Å²) in [5.74, 6) is 0.592. The number of sulfonamides is 1. The number of carbonyl (C=O) groups excluding carboxylic acids is 1. The number of piperazine rings is 1. The first-order chi connectivity index (χ1) is 12.8. The maximum atomic E-state index is 12.9. The summed E-state index contributed by atoms with van der Waals surface area (Å²) < 4.78 is 32.4. The number of hydrogen-bond donors (Lipinski definition) is 0. The molecule has 0 atom stereocenters. The first kappa shape index (κ1) is 19.4. The van der Waals surface area contributed by atoms with Crippen molar-refractivity contribution in [1.29, 1.82) is 0 Å². The molecule has 27 heavy (non-hydrogen) atoms. The summed E-state index contributed by atoms with van der Waals surface area (Å²) in [6.45, 7) is 5.10. The van der Waals surface area contributed by atoms with Crippen molar-refractivity contribution >= 4 is 15.9 Å². The van der Waals surface area contributed by atoms with E-state index in [0.717, 1.165) is 11.1 Å². The number of amides is 1. The third-order valence-electron chi connectivity index (χ3n) is 4.83. The molecule has 2 aromatic rings. The van der Waals surface area contributed by atoms with E-state index in [1.54, 1.807) is 42.3 Å². The van der Waals surface area contributed by atoms with E-state index in [1.165, 1.54) is 4.31 Å². The molecule has 1 heterocycles. The Hall–Kier alpha value is -2.38. The van der Waals surface area contributed by atoms with Crippen molar-refractivity contribution in [3.8, 4) is 5.75 Å². The van der Waals surface area contributed by atoms with Crippen LogP contribution in [0.25, 0.3) is 0 Å². The Morgan fingerprint density at radius 3 is 2.15 bits per heavy atom. The zero-order valence-corrected chi connectivity index (χ0v) is 16.6. The SMILES string of the molecule is COc1ccc(S(=O)(=O)N2CCN(C(=O)c3ccc(C)cc3)CC2)cc1C. The van der Waals surface area contributed by atoms with Gasteiger partial charge in [-0.3, -0.25) is 4.79 Å². The minimum absolute atomic E-state index is 0.0626. The fourth-order valence-corrected chi connectivity index (χ4v) is 4.68. The quantitative estimate of drug-likeness (QED) is 0.807. The predicted octanol–water partition coefficient (Wildman–Crippen LogP) is 2.46. The van der Waals surface area contributed by atoms with Gasteiger partial charge in [-0.25, -0.2) is 8.42 Å². The van der Waals surface area contributed by atoms with E-state index < -0.39 is 10.0 Å². The van der Waals surface area contributed by atoms with E-state index in [9.17, 15) is 13.2 Å². The Bertz CT molecular complexity index is 931. The lowest BCUT2D eigenvalue weighted by Gasteiger charge is -2.34. The molecule has 0 radical (unpaired) electrons. The second kappa shape index (κ2) is 7.70. The molecule has 144 valence electrons. The van der Waals surface area contributed by atoms with Crippen molar-refractivity contribution in [1.82, 2.24) is 9.21 Å². The molecule has 1 aliphatic rings. The molecule has 0 N–H and O–H groups in total. The largest absolute Gasteiger partial charge is 0.496 e. The molecule has 0 bridgehead atoms. The highest BCUT2D eigenvalue weighted by molar-refractivity contribution is 7.89. The third kappa shape index (κ3) is 3.99. The van der Waals surface area contributed by atoms with Crippen molar-refractivity contribution < 1.29 is 17.9 Å². The number of hydrogen-bond acceptors (Lipinski definition) is 4. The summed E-state index contributed by atoms with van der Waals surface area (Å²) in [6, 6.07) is 12.3. The zero-order valence-electron chi connectivity index (χ0n) is 15.8. The van der Waals surface area contributed by atoms with Gasteiger partial charge in [-0.2, -0.15) is 4.31 Å². The summed E-state index contributed by atoms with van der Waals surface area (Å²) in [5, 5.41) is 0. The Morgan fingerprint density at radius 1 is 0.963 bits per heavy atom. The van der Waals surface area contributed by atoms with Crippen LogP contribution in [0, 0.1) is 13.8 Å². The standard InChI is InChI=1S/C20H24N2O4S/c1-15-4-6-17(7-5-15)20(23)21-10-12-22(13-11-21)27(24,25)18-8-9-19(26-3)16(2)14-18/h4-9,14H,10-13H2,1-3H3. The molecule has 7 heteroatoms. The molecule has 0 saturated carbocycles. The Kier molecular flexibility index (Phi) is 5.53. The summed E-state index contributed by atoms with van der Waals surface area (Å²) in [7, 11) is -2.03. The van der Waals surface area contributed by atoms with Crippen molar-refractivity contribution in [3.63, 3.8) is 0 Å². The van der Waals surface area contributed by atoms with Crippen LogP contribution in [0.15, 0.2) is 47.4 Å². The smallest absolute Gasteiger partial charge is 0.253 e. The van der Waals surface area contributed by atoms with Gasteiger partial charge in [-0.05, 0) is 49.7 Å². The molecule has 1 fully saturated rings. The van der Waals surface area contributed by atoms with E-state index in [1.807, 2.05) is 26.0 Å². The molecule has 0 aliphatic carbocycles. The molecule has 1 amide bonds. The second-order valence-electron chi connectivity index (χ2n) is 6.69. The molecule has 0 spiro atoms. The van der Waals surface area contributed by atoms with Gasteiger partial charge in [0.2, 0.25) is 10.0 Å².